The van der Waals surface area contributed by atoms with Gasteiger partial charge in [0.1, 0.15) is 5.78 Å². The van der Waals surface area contributed by atoms with Crippen molar-refractivity contribution in [3.63, 3.8) is 0 Å². The Morgan fingerprint density at radius 1 is 0.750 bits per heavy atom. The van der Waals surface area contributed by atoms with E-state index in [1.807, 2.05) is 74.5 Å². The van der Waals surface area contributed by atoms with Crippen LogP contribution in [0.1, 0.15) is 63.5 Å². The molecular formula is C29H33NO2. The van der Waals surface area contributed by atoms with Gasteiger partial charge in [0.25, 0.3) is 0 Å². The highest BCUT2D eigenvalue weighted by Crippen LogP contribution is 2.27. The van der Waals surface area contributed by atoms with Gasteiger partial charge in [-0.05, 0) is 34.8 Å². The van der Waals surface area contributed by atoms with Crippen molar-refractivity contribution in [2.24, 2.45) is 11.8 Å². The third-order valence-corrected chi connectivity index (χ3v) is 5.37. The first-order valence-electron chi connectivity index (χ1n) is 11.3. The number of carbonyl (C=O) groups is 2. The molecule has 0 radical (unpaired) electrons. The molecule has 0 spiro atoms. The van der Waals surface area contributed by atoms with E-state index >= 15 is 0 Å². The average Bonchev–Trinajstić information content (AvgIpc) is 2.77. The lowest BCUT2D eigenvalue weighted by molar-refractivity contribution is -0.123. The number of amides is 1. The van der Waals surface area contributed by atoms with E-state index in [1.54, 1.807) is 0 Å². The minimum Gasteiger partial charge on any atom is -0.345 e. The molecule has 166 valence electrons. The number of ketones is 1. The smallest absolute Gasteiger partial charge is 0.228 e. The fraction of sp³-hybridized carbons (Fsp3) is 0.379. The minimum absolute atomic E-state index is 0.0281. The van der Waals surface area contributed by atoms with Crippen molar-refractivity contribution < 1.29 is 9.59 Å². The lowest BCUT2D eigenvalue weighted by atomic mass is 9.83. The molecule has 2 unspecified atom stereocenters. The molecule has 0 aliphatic rings. The zero-order valence-electron chi connectivity index (χ0n) is 19.5. The van der Waals surface area contributed by atoms with Crippen LogP contribution in [0.15, 0.2) is 60.7 Å². The lowest BCUT2D eigenvalue weighted by Crippen LogP contribution is -2.32. The zero-order valence-corrected chi connectivity index (χ0v) is 19.5. The Bertz CT molecular complexity index is 902. The van der Waals surface area contributed by atoms with Gasteiger partial charge >= 0.3 is 0 Å². The van der Waals surface area contributed by atoms with E-state index in [4.69, 9.17) is 0 Å². The molecule has 0 saturated carbocycles. The molecule has 1 N–H and O–H groups in total. The summed E-state index contributed by atoms with van der Waals surface area (Å²) < 4.78 is 0. The molecule has 0 aliphatic heterocycles. The van der Waals surface area contributed by atoms with Crippen molar-refractivity contribution in [1.82, 2.24) is 5.32 Å². The van der Waals surface area contributed by atoms with Crippen molar-refractivity contribution in [1.29, 1.82) is 0 Å². The number of carbonyl (C=O) groups excluding carboxylic acids is 2. The fourth-order valence-corrected chi connectivity index (χ4v) is 3.88. The molecule has 3 nitrogen and oxygen atoms in total. The summed E-state index contributed by atoms with van der Waals surface area (Å²) in [4.78, 5) is 25.3. The predicted octanol–water partition coefficient (Wildman–Crippen LogP) is 5.34. The highest BCUT2D eigenvalue weighted by molar-refractivity contribution is 5.86. The largest absolute Gasteiger partial charge is 0.345 e. The summed E-state index contributed by atoms with van der Waals surface area (Å²) in [5, 5.41) is 2.88. The maximum absolute atomic E-state index is 12.7. The second-order valence-electron chi connectivity index (χ2n) is 8.55. The third-order valence-electron chi connectivity index (χ3n) is 5.37. The lowest BCUT2D eigenvalue weighted by Gasteiger charge is -2.20. The van der Waals surface area contributed by atoms with Crippen LogP contribution in [-0.4, -0.2) is 18.2 Å². The van der Waals surface area contributed by atoms with Gasteiger partial charge in [-0.25, -0.2) is 0 Å². The molecule has 2 aromatic carbocycles. The molecule has 3 heteroatoms. The first-order valence-corrected chi connectivity index (χ1v) is 11.3. The van der Waals surface area contributed by atoms with E-state index in [0.29, 0.717) is 12.8 Å². The number of benzene rings is 2. The Hall–Kier alpha value is -3.30. The molecule has 2 atom stereocenters. The molecule has 0 saturated heterocycles. The van der Waals surface area contributed by atoms with Crippen molar-refractivity contribution >= 4 is 11.7 Å². The molecule has 2 aromatic rings. The average molecular weight is 428 g/mol. The number of hydrogen-bond acceptors (Lipinski definition) is 2. The van der Waals surface area contributed by atoms with Gasteiger partial charge in [-0.3, -0.25) is 9.59 Å². The summed E-state index contributed by atoms with van der Waals surface area (Å²) in [6.45, 7) is 8.48. The number of nitrogens with one attached hydrogen (secondary N) is 1. The van der Waals surface area contributed by atoms with Crippen LogP contribution in [-0.2, 0) is 9.59 Å². The predicted molar refractivity (Wildman–Crippen MR) is 131 cm³/mol. The molecule has 0 aliphatic carbocycles. The summed E-state index contributed by atoms with van der Waals surface area (Å²) in [6, 6.07) is 19.7. The fourth-order valence-electron chi connectivity index (χ4n) is 3.88. The van der Waals surface area contributed by atoms with Gasteiger partial charge < -0.3 is 5.32 Å². The van der Waals surface area contributed by atoms with Crippen LogP contribution in [0.2, 0.25) is 0 Å². The van der Waals surface area contributed by atoms with Crippen LogP contribution in [0, 0.1) is 35.5 Å². The highest BCUT2D eigenvalue weighted by Gasteiger charge is 2.24. The van der Waals surface area contributed by atoms with Crippen LogP contribution in [0.4, 0.5) is 0 Å². The van der Waals surface area contributed by atoms with Gasteiger partial charge in [0.15, 0.2) is 0 Å². The minimum atomic E-state index is -0.200. The second-order valence-corrected chi connectivity index (χ2v) is 8.55. The van der Waals surface area contributed by atoms with Gasteiger partial charge in [0.2, 0.25) is 5.91 Å². The molecule has 1 amide bonds. The molecule has 0 bridgehead atoms. The number of hydrogen-bond donors (Lipinski definition) is 1. The first kappa shape index (κ1) is 25.0. The van der Waals surface area contributed by atoms with Gasteiger partial charge in [-0.1, -0.05) is 100 Å². The van der Waals surface area contributed by atoms with E-state index < -0.39 is 0 Å². The molecule has 0 fully saturated rings. The SMILES string of the molecule is CC(C)C(C(=O)CCC#CC#CCNC(=O)C(c1ccccc1)C(C)C)c1ccccc1. The molecule has 2 rings (SSSR count). The highest BCUT2D eigenvalue weighted by atomic mass is 16.2. The van der Waals surface area contributed by atoms with E-state index in [9.17, 15) is 9.59 Å². The van der Waals surface area contributed by atoms with Crippen molar-refractivity contribution in [3.8, 4) is 23.7 Å². The zero-order chi connectivity index (χ0) is 23.3. The second kappa shape index (κ2) is 13.2. The maximum Gasteiger partial charge on any atom is 0.228 e. The van der Waals surface area contributed by atoms with Gasteiger partial charge in [0, 0.05) is 18.8 Å². The van der Waals surface area contributed by atoms with Crippen molar-refractivity contribution in [3.05, 3.63) is 71.8 Å². The molecule has 32 heavy (non-hydrogen) atoms. The standard InChI is InChI=1S/C29H33NO2/c1-22(2)27(24-16-10-8-11-17-24)26(31)20-14-6-5-7-15-21-30-29(32)28(23(3)4)25-18-12-9-13-19-25/h8-13,16-19,22-23,27-28H,14,20-21H2,1-4H3,(H,30,32). The monoisotopic (exact) mass is 427 g/mol. The van der Waals surface area contributed by atoms with Crippen molar-refractivity contribution in [2.45, 2.75) is 52.4 Å². The number of rotatable bonds is 9. The van der Waals surface area contributed by atoms with Crippen LogP contribution in [0.25, 0.3) is 0 Å². The van der Waals surface area contributed by atoms with Gasteiger partial charge in [-0.2, -0.15) is 0 Å². The van der Waals surface area contributed by atoms with Crippen LogP contribution in [0.5, 0.6) is 0 Å². The van der Waals surface area contributed by atoms with Gasteiger partial charge in [-0.15, -0.1) is 0 Å². The molecular weight excluding hydrogens is 394 g/mol. The summed E-state index contributed by atoms with van der Waals surface area (Å²) in [6.07, 6.45) is 0.898. The summed E-state index contributed by atoms with van der Waals surface area (Å²) in [5.74, 6) is 11.7. The quantitative estimate of drug-likeness (QED) is 0.549. The van der Waals surface area contributed by atoms with E-state index in [1.165, 1.54) is 0 Å². The topological polar surface area (TPSA) is 46.2 Å². The van der Waals surface area contributed by atoms with Crippen molar-refractivity contribution in [2.75, 3.05) is 6.54 Å². The molecule has 0 aromatic heterocycles. The van der Waals surface area contributed by atoms with E-state index in [0.717, 1.165) is 11.1 Å². The van der Waals surface area contributed by atoms with Crippen LogP contribution < -0.4 is 5.32 Å². The van der Waals surface area contributed by atoms with E-state index in [2.05, 4.69) is 42.8 Å². The summed E-state index contributed by atoms with van der Waals surface area (Å²) >= 11 is 0. The third kappa shape index (κ3) is 7.75. The Morgan fingerprint density at radius 3 is 1.78 bits per heavy atom. The first-order chi connectivity index (χ1) is 15.4. The number of Topliss-reactive ketones (excluding diaryl/α,β-unsaturated/α-hetero) is 1. The maximum atomic E-state index is 12.7. The molecule has 0 heterocycles. The van der Waals surface area contributed by atoms with Crippen LogP contribution in [0.3, 0.4) is 0 Å². The Balaban J connectivity index is 1.81. The Labute approximate surface area is 193 Å². The summed E-state index contributed by atoms with van der Waals surface area (Å²) in [5.41, 5.74) is 2.07. The van der Waals surface area contributed by atoms with Gasteiger partial charge in [0.05, 0.1) is 12.5 Å². The van der Waals surface area contributed by atoms with E-state index in [-0.39, 0.29) is 41.9 Å². The Morgan fingerprint density at radius 2 is 1.25 bits per heavy atom. The van der Waals surface area contributed by atoms with Crippen LogP contribution >= 0.6 is 0 Å². The Kier molecular flexibility index (Phi) is 10.3. The summed E-state index contributed by atoms with van der Waals surface area (Å²) in [7, 11) is 0. The normalized spacial score (nSPS) is 12.2.